The first-order chi connectivity index (χ1) is 26.2. The van der Waals surface area contributed by atoms with E-state index in [2.05, 4.69) is 21.8 Å². The lowest BCUT2D eigenvalue weighted by atomic mass is 10.1. The number of sulfonamides is 1. The molecule has 3 fully saturated rings. The van der Waals surface area contributed by atoms with Crippen LogP contribution in [0.1, 0.15) is 63.1 Å². The van der Waals surface area contributed by atoms with Gasteiger partial charge in [-0.25, -0.2) is 13.2 Å². The van der Waals surface area contributed by atoms with Gasteiger partial charge in [0, 0.05) is 29.9 Å². The quantitative estimate of drug-likeness (QED) is 0.187. The summed E-state index contributed by atoms with van der Waals surface area (Å²) in [7, 11) is -3.91. The first-order valence-electron chi connectivity index (χ1n) is 18.5. The van der Waals surface area contributed by atoms with E-state index in [9.17, 15) is 27.6 Å². The monoisotopic (exact) mass is 765 g/mol. The van der Waals surface area contributed by atoms with Crippen molar-refractivity contribution in [3.8, 4) is 11.1 Å². The molecule has 2 aliphatic heterocycles. The molecular weight excluding hydrogens is 723 g/mol. The number of hydrogen-bond acceptors (Lipinski definition) is 9. The second-order valence-electron chi connectivity index (χ2n) is 15.9. The molecule has 5 atom stereocenters. The van der Waals surface area contributed by atoms with Gasteiger partial charge in [0.25, 0.3) is 5.91 Å². The van der Waals surface area contributed by atoms with Crippen molar-refractivity contribution in [1.29, 1.82) is 0 Å². The SMILES string of the molecule is C=C[C@@H]1C[C@]1(NC(=O)[C@@H]1C[C@@H](ON=C2c3ccccc3-c3ccccc32)CN1C(=O)[C@@H]1Cc2ccccc2N1C(=O)OC(C)(C)C)C(=O)NS(=O)(=O)C1CC1. The van der Waals surface area contributed by atoms with E-state index in [1.807, 2.05) is 60.7 Å². The van der Waals surface area contributed by atoms with Crippen LogP contribution in [0, 0.1) is 5.92 Å². The molecule has 3 aromatic carbocycles. The lowest BCUT2D eigenvalue weighted by molar-refractivity contribution is -0.140. The fraction of sp³-hybridized carbons (Fsp3) is 0.390. The number of carbonyl (C=O) groups excluding carboxylic acids is 4. The van der Waals surface area contributed by atoms with E-state index in [1.165, 1.54) is 15.9 Å². The van der Waals surface area contributed by atoms with E-state index >= 15 is 0 Å². The van der Waals surface area contributed by atoms with Gasteiger partial charge in [0.2, 0.25) is 21.8 Å². The van der Waals surface area contributed by atoms with Crippen molar-refractivity contribution < 1.29 is 37.2 Å². The third-order valence-electron chi connectivity index (χ3n) is 10.9. The van der Waals surface area contributed by atoms with Crippen molar-refractivity contribution >= 4 is 45.2 Å². The van der Waals surface area contributed by atoms with Gasteiger partial charge in [0.15, 0.2) is 0 Å². The van der Waals surface area contributed by atoms with Gasteiger partial charge in [-0.1, -0.05) is 78.0 Å². The zero-order valence-corrected chi connectivity index (χ0v) is 31.7. The summed E-state index contributed by atoms with van der Waals surface area (Å²) in [6.45, 7) is 8.97. The van der Waals surface area contributed by atoms with Crippen LogP contribution in [0.4, 0.5) is 10.5 Å². The second-order valence-corrected chi connectivity index (χ2v) is 17.8. The van der Waals surface area contributed by atoms with E-state index in [-0.39, 0.29) is 25.8 Å². The van der Waals surface area contributed by atoms with Crippen LogP contribution < -0.4 is 14.9 Å². The zero-order valence-electron chi connectivity index (χ0n) is 30.9. The van der Waals surface area contributed by atoms with Crippen molar-refractivity contribution in [2.24, 2.45) is 11.1 Å². The third kappa shape index (κ3) is 6.66. The molecule has 2 N–H and O–H groups in total. The highest BCUT2D eigenvalue weighted by molar-refractivity contribution is 7.91. The number of rotatable bonds is 9. The van der Waals surface area contributed by atoms with E-state index < -0.39 is 74.3 Å². The van der Waals surface area contributed by atoms with E-state index in [1.54, 1.807) is 32.9 Å². The van der Waals surface area contributed by atoms with Gasteiger partial charge in [-0.05, 0) is 62.8 Å². The molecule has 14 heteroatoms. The minimum atomic E-state index is -3.91. The predicted molar refractivity (Wildman–Crippen MR) is 204 cm³/mol. The zero-order chi connectivity index (χ0) is 38.9. The molecule has 3 aromatic rings. The van der Waals surface area contributed by atoms with E-state index in [0.29, 0.717) is 24.2 Å². The fourth-order valence-electron chi connectivity index (χ4n) is 7.92. The van der Waals surface area contributed by atoms with Gasteiger partial charge >= 0.3 is 6.09 Å². The minimum Gasteiger partial charge on any atom is -0.443 e. The van der Waals surface area contributed by atoms with Crippen molar-refractivity contribution in [2.45, 2.75) is 87.5 Å². The average molecular weight is 766 g/mol. The molecule has 286 valence electrons. The van der Waals surface area contributed by atoms with Gasteiger partial charge in [-0.15, -0.1) is 6.58 Å². The number of likely N-dealkylation sites (tertiary alicyclic amines) is 1. The lowest BCUT2D eigenvalue weighted by Crippen LogP contribution is -2.58. The highest BCUT2D eigenvalue weighted by Crippen LogP contribution is 2.46. The molecule has 5 aliphatic rings. The van der Waals surface area contributed by atoms with Crippen LogP contribution in [0.25, 0.3) is 11.1 Å². The smallest absolute Gasteiger partial charge is 0.415 e. The molecule has 1 saturated heterocycles. The summed E-state index contributed by atoms with van der Waals surface area (Å²) in [5.74, 6) is -2.53. The number of amides is 4. The van der Waals surface area contributed by atoms with Gasteiger partial charge in [0.1, 0.15) is 35.0 Å². The number of oxime groups is 1. The molecule has 0 unspecified atom stereocenters. The number of benzene rings is 3. The van der Waals surface area contributed by atoms with Gasteiger partial charge in [-0.2, -0.15) is 0 Å². The molecule has 3 aliphatic carbocycles. The Morgan fingerprint density at radius 2 is 1.53 bits per heavy atom. The second kappa shape index (κ2) is 13.4. The van der Waals surface area contributed by atoms with E-state index in [4.69, 9.17) is 9.57 Å². The first-order valence-corrected chi connectivity index (χ1v) is 20.1. The Labute approximate surface area is 319 Å². The Hall–Kier alpha value is -5.50. The number of hydrogen-bond donors (Lipinski definition) is 2. The number of para-hydroxylation sites is 1. The van der Waals surface area contributed by atoms with Crippen LogP contribution in [-0.2, 0) is 40.4 Å². The van der Waals surface area contributed by atoms with Crippen LogP contribution in [0.3, 0.4) is 0 Å². The molecule has 0 spiro atoms. The van der Waals surface area contributed by atoms with Crippen molar-refractivity contribution in [2.75, 3.05) is 11.4 Å². The third-order valence-corrected chi connectivity index (χ3v) is 12.7. The average Bonchev–Trinajstić information content (AvgIpc) is 4.01. The van der Waals surface area contributed by atoms with Crippen LogP contribution >= 0.6 is 0 Å². The molecule has 4 amide bonds. The topological polar surface area (TPSA) is 164 Å². The maximum atomic E-state index is 14.8. The number of nitrogens with one attached hydrogen (secondary N) is 2. The van der Waals surface area contributed by atoms with Crippen LogP contribution in [0.5, 0.6) is 0 Å². The summed E-state index contributed by atoms with van der Waals surface area (Å²) in [5, 5.41) is 6.78. The summed E-state index contributed by atoms with van der Waals surface area (Å²) in [5.41, 5.74) is 3.32. The minimum absolute atomic E-state index is 0.0145. The number of ether oxygens (including phenoxy) is 1. The number of anilines is 1. The molecule has 2 saturated carbocycles. The Bertz CT molecular complexity index is 2220. The van der Waals surface area contributed by atoms with Crippen molar-refractivity contribution in [3.05, 3.63) is 102 Å². The molecule has 2 heterocycles. The normalized spacial score (nSPS) is 25.0. The molecule has 0 bridgehead atoms. The predicted octanol–water partition coefficient (Wildman–Crippen LogP) is 4.44. The van der Waals surface area contributed by atoms with Gasteiger partial charge in [0.05, 0.1) is 17.5 Å². The van der Waals surface area contributed by atoms with Crippen LogP contribution in [-0.4, -0.2) is 84.0 Å². The maximum Gasteiger partial charge on any atom is 0.415 e. The lowest BCUT2D eigenvalue weighted by Gasteiger charge is -2.32. The fourth-order valence-corrected chi connectivity index (χ4v) is 9.28. The summed E-state index contributed by atoms with van der Waals surface area (Å²) in [6.07, 6.45) is 1.32. The number of fused-ring (bicyclic) bond motifs is 4. The first kappa shape index (κ1) is 36.5. The van der Waals surface area contributed by atoms with E-state index in [0.717, 1.165) is 27.8 Å². The molecule has 55 heavy (non-hydrogen) atoms. The standard InChI is InChI=1S/C41H43N5O8S/c1-5-25-22-41(25,38(49)44-55(51,52)27-18-19-27)42-36(47)33-21-26(54-43-35-30-15-9-7-13-28(30)29-14-8-10-16-31(29)35)23-45(33)37(48)34-20-24-12-6-11-17-32(24)46(34)39(50)53-40(2,3)4/h5-17,25-27,33-34H,1,18-23H2,2-4H3,(H,42,47)(H,44,49)/t25-,26-,33+,34+,41-/m1/s1. The van der Waals surface area contributed by atoms with Gasteiger partial charge in [-0.3, -0.25) is 24.0 Å². The Morgan fingerprint density at radius 3 is 2.13 bits per heavy atom. The molecule has 0 aromatic heterocycles. The van der Waals surface area contributed by atoms with Crippen molar-refractivity contribution in [3.63, 3.8) is 0 Å². The molecule has 13 nitrogen and oxygen atoms in total. The Kier molecular flexibility index (Phi) is 8.86. The molecule has 8 rings (SSSR count). The summed E-state index contributed by atoms with van der Waals surface area (Å²) >= 11 is 0. The van der Waals surface area contributed by atoms with Crippen LogP contribution in [0.15, 0.2) is 90.6 Å². The summed E-state index contributed by atoms with van der Waals surface area (Å²) < 4.78 is 33.4. The summed E-state index contributed by atoms with van der Waals surface area (Å²) in [4.78, 5) is 65.3. The number of nitrogens with zero attached hydrogens (tertiary/aromatic N) is 3. The van der Waals surface area contributed by atoms with Crippen LogP contribution in [0.2, 0.25) is 0 Å². The van der Waals surface area contributed by atoms with Crippen molar-refractivity contribution in [1.82, 2.24) is 14.9 Å². The maximum absolute atomic E-state index is 14.8. The summed E-state index contributed by atoms with van der Waals surface area (Å²) in [6, 6.07) is 20.7. The highest BCUT2D eigenvalue weighted by Gasteiger charge is 2.62. The largest absolute Gasteiger partial charge is 0.443 e. The highest BCUT2D eigenvalue weighted by atomic mass is 32.2. The van der Waals surface area contributed by atoms with Gasteiger partial charge < -0.3 is 19.8 Å². The molecular formula is C41H43N5O8S. The molecule has 0 radical (unpaired) electrons. The number of carbonyl (C=O) groups is 4. The Balaban J connectivity index is 1.10. The Morgan fingerprint density at radius 1 is 0.909 bits per heavy atom.